The van der Waals surface area contributed by atoms with Crippen LogP contribution in [0.4, 0.5) is 0 Å². The van der Waals surface area contributed by atoms with Crippen molar-refractivity contribution in [1.29, 1.82) is 0 Å². The molecule has 212 valence electrons. The molecule has 3 aromatic heterocycles. The van der Waals surface area contributed by atoms with Crippen LogP contribution in [0.25, 0.3) is 50.1 Å². The van der Waals surface area contributed by atoms with E-state index in [1.807, 2.05) is 98.2 Å². The van der Waals surface area contributed by atoms with E-state index >= 15 is 0 Å². The first-order valence-corrected chi connectivity index (χ1v) is 17.4. The fraction of sp³-hybridized carbons (Fsp3) is 0.229. The minimum atomic E-state index is -2.36. The number of hydrogen-bond acceptors (Lipinski definition) is 4. The van der Waals surface area contributed by atoms with E-state index in [2.05, 4.69) is 35.5 Å². The highest BCUT2D eigenvalue weighted by molar-refractivity contribution is 6.72. The molecule has 0 unspecified atom stereocenters. The van der Waals surface area contributed by atoms with Crippen LogP contribution in [0.5, 0.6) is 0 Å². The first-order chi connectivity index (χ1) is 20.1. The van der Waals surface area contributed by atoms with E-state index in [4.69, 9.17) is 5.10 Å². The van der Waals surface area contributed by atoms with Gasteiger partial charge in [-0.2, -0.15) is 9.61 Å². The summed E-state index contributed by atoms with van der Waals surface area (Å²) in [5, 5.41) is 5.84. The topological polar surface area (TPSA) is 72.4 Å². The quantitative estimate of drug-likeness (QED) is 0.189. The van der Waals surface area contributed by atoms with Gasteiger partial charge in [-0.1, -0.05) is 86.6 Å². The maximum Gasteiger partial charge on any atom is 0.282 e. The summed E-state index contributed by atoms with van der Waals surface area (Å²) in [6.07, 6.45) is 5.49. The van der Waals surface area contributed by atoms with Crippen molar-refractivity contribution in [3.63, 3.8) is 0 Å². The molecular formula is C35H36N4O2Si. The lowest BCUT2D eigenvalue weighted by Gasteiger charge is -2.35. The van der Waals surface area contributed by atoms with Crippen molar-refractivity contribution in [3.8, 4) is 33.5 Å². The maximum absolute atomic E-state index is 14.3. The molecule has 0 aliphatic rings. The number of rotatable bonds is 8. The monoisotopic (exact) mass is 572 g/mol. The fourth-order valence-corrected chi connectivity index (χ4v) is 6.27. The summed E-state index contributed by atoms with van der Waals surface area (Å²) in [7, 11) is -2.36. The predicted octanol–water partition coefficient (Wildman–Crippen LogP) is 7.80. The van der Waals surface area contributed by atoms with Crippen molar-refractivity contribution in [2.24, 2.45) is 0 Å². The first kappa shape index (κ1) is 27.8. The largest absolute Gasteiger partial charge is 0.432 e. The molecule has 6 rings (SSSR count). The smallest absolute Gasteiger partial charge is 0.282 e. The molecule has 0 amide bonds. The van der Waals surface area contributed by atoms with E-state index in [0.29, 0.717) is 12.1 Å². The molecule has 0 radical (unpaired) electrons. The summed E-state index contributed by atoms with van der Waals surface area (Å²) >= 11 is 0. The average molecular weight is 573 g/mol. The molecule has 3 heterocycles. The molecule has 0 fully saturated rings. The highest BCUT2D eigenvalue weighted by Crippen LogP contribution is 2.40. The maximum atomic E-state index is 14.3. The van der Waals surface area contributed by atoms with Crippen LogP contribution in [-0.2, 0) is 6.54 Å². The third-order valence-electron chi connectivity index (χ3n) is 8.72. The lowest BCUT2D eigenvalue weighted by Crippen LogP contribution is -2.39. The molecule has 0 spiro atoms. The Bertz CT molecular complexity index is 1940. The van der Waals surface area contributed by atoms with Gasteiger partial charge in [0.25, 0.3) is 5.56 Å². The van der Waals surface area contributed by atoms with Gasteiger partial charge in [0, 0.05) is 29.9 Å². The molecule has 0 aliphatic heterocycles. The van der Waals surface area contributed by atoms with Gasteiger partial charge in [0.2, 0.25) is 0 Å². The highest BCUT2D eigenvalue weighted by atomic mass is 28.4. The Balaban J connectivity index is 1.60. The Morgan fingerprint density at radius 3 is 2.24 bits per heavy atom. The van der Waals surface area contributed by atoms with E-state index in [-0.39, 0.29) is 10.6 Å². The third kappa shape index (κ3) is 5.10. The SMILES string of the molecule is CC(C)(CCCn1cc(-c2ccc3ncccc3c2)c(=O)n2nc(-c3ccccc3)c(-c3ccccc3)c12)[Si](C)(C)O. The van der Waals surface area contributed by atoms with Gasteiger partial charge >= 0.3 is 0 Å². The summed E-state index contributed by atoms with van der Waals surface area (Å²) in [5.74, 6) is 0. The van der Waals surface area contributed by atoms with Crippen LogP contribution in [0.2, 0.25) is 18.1 Å². The van der Waals surface area contributed by atoms with Gasteiger partial charge in [-0.15, -0.1) is 0 Å². The first-order valence-electron chi connectivity index (χ1n) is 14.5. The number of aromatic nitrogens is 4. The molecule has 0 saturated carbocycles. The molecule has 0 bridgehead atoms. The van der Waals surface area contributed by atoms with Crippen LogP contribution >= 0.6 is 0 Å². The van der Waals surface area contributed by atoms with Crippen molar-refractivity contribution in [1.82, 2.24) is 19.2 Å². The van der Waals surface area contributed by atoms with Gasteiger partial charge in [-0.3, -0.25) is 9.78 Å². The minimum absolute atomic E-state index is 0.145. The summed E-state index contributed by atoms with van der Waals surface area (Å²) in [6, 6.07) is 30.1. The Morgan fingerprint density at radius 2 is 1.55 bits per heavy atom. The molecule has 42 heavy (non-hydrogen) atoms. The second kappa shape index (κ2) is 10.8. The Hall–Kier alpha value is -4.33. The second-order valence-electron chi connectivity index (χ2n) is 12.2. The molecule has 0 aliphatic carbocycles. The van der Waals surface area contributed by atoms with Gasteiger partial charge in [0.05, 0.1) is 16.6 Å². The molecule has 7 heteroatoms. The number of nitrogens with zero attached hydrogens (tertiary/aromatic N) is 4. The number of aryl methyl sites for hydroxylation is 1. The zero-order valence-corrected chi connectivity index (χ0v) is 25.6. The van der Waals surface area contributed by atoms with Gasteiger partial charge < -0.3 is 9.36 Å². The predicted molar refractivity (Wildman–Crippen MR) is 174 cm³/mol. The van der Waals surface area contributed by atoms with Crippen LogP contribution in [-0.4, -0.2) is 32.3 Å². The Labute approximate surface area is 247 Å². The summed E-state index contributed by atoms with van der Waals surface area (Å²) in [5.41, 5.74) is 6.59. The second-order valence-corrected chi connectivity index (χ2v) is 16.7. The van der Waals surface area contributed by atoms with Crippen LogP contribution < -0.4 is 5.56 Å². The highest BCUT2D eigenvalue weighted by Gasteiger charge is 2.37. The van der Waals surface area contributed by atoms with Crippen molar-refractivity contribution in [2.45, 2.75) is 51.4 Å². The van der Waals surface area contributed by atoms with Crippen LogP contribution in [0.1, 0.15) is 26.7 Å². The number of benzene rings is 3. The molecule has 3 aromatic carbocycles. The normalized spacial score (nSPS) is 12.3. The standard InChI is InChI=1S/C35H36N4O2Si/c1-35(2,42(3,4)41)20-12-22-38-24-29(27-18-19-30-28(23-27)17-11-21-36-30)34(40)39-33(38)31(25-13-7-5-8-14-25)32(37-39)26-15-9-6-10-16-26/h5-11,13-19,21,23-24,41H,12,20,22H2,1-4H3. The van der Waals surface area contributed by atoms with Gasteiger partial charge in [0.15, 0.2) is 8.32 Å². The van der Waals surface area contributed by atoms with Gasteiger partial charge in [0.1, 0.15) is 11.3 Å². The van der Waals surface area contributed by atoms with Crippen molar-refractivity contribution < 1.29 is 4.80 Å². The van der Waals surface area contributed by atoms with Crippen LogP contribution in [0.3, 0.4) is 0 Å². The summed E-state index contributed by atoms with van der Waals surface area (Å²) in [4.78, 5) is 29.6. The van der Waals surface area contributed by atoms with E-state index in [1.54, 1.807) is 10.7 Å². The van der Waals surface area contributed by atoms with Crippen LogP contribution in [0, 0.1) is 0 Å². The lowest BCUT2D eigenvalue weighted by atomic mass is 10.0. The van der Waals surface area contributed by atoms with E-state index in [1.165, 1.54) is 0 Å². The molecule has 0 saturated heterocycles. The molecule has 0 atom stereocenters. The van der Waals surface area contributed by atoms with Crippen molar-refractivity contribution >= 4 is 24.9 Å². The minimum Gasteiger partial charge on any atom is -0.432 e. The third-order valence-corrected chi connectivity index (χ3v) is 12.3. The van der Waals surface area contributed by atoms with Gasteiger partial charge in [-0.25, -0.2) is 0 Å². The zero-order chi connectivity index (χ0) is 29.5. The Kier molecular flexibility index (Phi) is 7.16. The van der Waals surface area contributed by atoms with Crippen molar-refractivity contribution in [3.05, 3.63) is 114 Å². The number of hydrogen-bond donors (Lipinski definition) is 1. The zero-order valence-electron chi connectivity index (χ0n) is 24.6. The fourth-order valence-electron chi connectivity index (χ4n) is 5.48. The van der Waals surface area contributed by atoms with E-state index < -0.39 is 8.32 Å². The van der Waals surface area contributed by atoms with Crippen LogP contribution in [0.15, 0.2) is 108 Å². The summed E-state index contributed by atoms with van der Waals surface area (Å²) < 4.78 is 3.78. The molecular weight excluding hydrogens is 536 g/mol. The van der Waals surface area contributed by atoms with Gasteiger partial charge in [-0.05, 0) is 60.3 Å². The molecule has 1 N–H and O–H groups in total. The number of pyridine rings is 1. The van der Waals surface area contributed by atoms with E-state index in [9.17, 15) is 9.59 Å². The Morgan fingerprint density at radius 1 is 0.857 bits per heavy atom. The molecule has 6 aromatic rings. The molecule has 6 nitrogen and oxygen atoms in total. The van der Waals surface area contributed by atoms with Crippen molar-refractivity contribution in [2.75, 3.05) is 0 Å². The lowest BCUT2D eigenvalue weighted by molar-refractivity contribution is 0.432. The number of fused-ring (bicyclic) bond motifs is 2. The summed E-state index contributed by atoms with van der Waals surface area (Å²) in [6.45, 7) is 9.02. The van der Waals surface area contributed by atoms with E-state index in [0.717, 1.165) is 57.3 Å². The average Bonchev–Trinajstić information content (AvgIpc) is 3.40.